The summed E-state index contributed by atoms with van der Waals surface area (Å²) < 4.78 is 10.7. The van der Waals surface area contributed by atoms with E-state index in [1.54, 1.807) is 21.3 Å². The van der Waals surface area contributed by atoms with Gasteiger partial charge in [-0.2, -0.15) is 0 Å². The van der Waals surface area contributed by atoms with Gasteiger partial charge in [0.1, 0.15) is 11.5 Å². The number of hydrogen-bond donors (Lipinski definition) is 2. The lowest BCUT2D eigenvalue weighted by Gasteiger charge is -2.41. The van der Waals surface area contributed by atoms with E-state index in [4.69, 9.17) is 9.47 Å². The van der Waals surface area contributed by atoms with Crippen molar-refractivity contribution in [2.45, 2.75) is 39.2 Å². The second kappa shape index (κ2) is 9.96. The average Bonchev–Trinajstić information content (AvgIpc) is 2.56. The third-order valence-electron chi connectivity index (χ3n) is 4.96. The zero-order valence-corrected chi connectivity index (χ0v) is 17.5. The number of rotatable bonds is 7. The molecule has 0 heterocycles. The van der Waals surface area contributed by atoms with Gasteiger partial charge in [-0.15, -0.1) is 24.0 Å². The highest BCUT2D eigenvalue weighted by Crippen LogP contribution is 2.42. The zero-order valence-electron chi connectivity index (χ0n) is 15.1. The van der Waals surface area contributed by atoms with Crippen molar-refractivity contribution in [1.29, 1.82) is 0 Å². The molecule has 1 saturated carbocycles. The molecule has 2 rings (SSSR count). The Hall–Kier alpha value is -1.18. The summed E-state index contributed by atoms with van der Waals surface area (Å²) in [4.78, 5) is 4.32. The molecule has 0 unspecified atom stereocenters. The molecule has 5 nitrogen and oxygen atoms in total. The van der Waals surface area contributed by atoms with E-state index in [0.717, 1.165) is 29.6 Å². The molecule has 0 atom stereocenters. The van der Waals surface area contributed by atoms with Gasteiger partial charge in [-0.25, -0.2) is 0 Å². The molecule has 0 saturated heterocycles. The minimum atomic E-state index is 0. The summed E-state index contributed by atoms with van der Waals surface area (Å²) >= 11 is 0. The topological polar surface area (TPSA) is 54.9 Å². The fraction of sp³-hybridized carbons (Fsp3) is 0.611. The first kappa shape index (κ1) is 20.9. The van der Waals surface area contributed by atoms with Gasteiger partial charge in [0, 0.05) is 31.8 Å². The number of benzene rings is 1. The van der Waals surface area contributed by atoms with E-state index in [-0.39, 0.29) is 24.0 Å². The molecular formula is C18H30IN3O2. The van der Waals surface area contributed by atoms with Gasteiger partial charge in [0.15, 0.2) is 5.96 Å². The number of nitrogens with zero attached hydrogens (tertiary/aromatic N) is 1. The minimum absolute atomic E-state index is 0. The fourth-order valence-electron chi connectivity index (χ4n) is 3.00. The molecule has 1 aliphatic carbocycles. The van der Waals surface area contributed by atoms with Crippen LogP contribution in [0.3, 0.4) is 0 Å². The Morgan fingerprint density at radius 3 is 2.46 bits per heavy atom. The first-order valence-electron chi connectivity index (χ1n) is 8.32. The second-order valence-corrected chi connectivity index (χ2v) is 6.16. The first-order chi connectivity index (χ1) is 11.2. The van der Waals surface area contributed by atoms with Crippen molar-refractivity contribution >= 4 is 29.9 Å². The molecule has 1 fully saturated rings. The van der Waals surface area contributed by atoms with Crippen LogP contribution in [0.2, 0.25) is 0 Å². The van der Waals surface area contributed by atoms with Crippen molar-refractivity contribution in [3.8, 4) is 11.5 Å². The van der Waals surface area contributed by atoms with Crippen LogP contribution in [0.15, 0.2) is 23.2 Å². The highest BCUT2D eigenvalue weighted by Gasteiger charge is 2.34. The van der Waals surface area contributed by atoms with Crippen LogP contribution in [0.5, 0.6) is 11.5 Å². The van der Waals surface area contributed by atoms with Crippen molar-refractivity contribution in [1.82, 2.24) is 10.6 Å². The van der Waals surface area contributed by atoms with E-state index < -0.39 is 0 Å². The molecule has 24 heavy (non-hydrogen) atoms. The highest BCUT2D eigenvalue weighted by molar-refractivity contribution is 14.0. The third-order valence-corrected chi connectivity index (χ3v) is 4.96. The van der Waals surface area contributed by atoms with Gasteiger partial charge >= 0.3 is 0 Å². The van der Waals surface area contributed by atoms with Crippen LogP contribution in [0, 0.1) is 5.41 Å². The summed E-state index contributed by atoms with van der Waals surface area (Å²) in [6.07, 6.45) is 5.22. The lowest BCUT2D eigenvalue weighted by Crippen LogP contribution is -2.46. The summed E-state index contributed by atoms with van der Waals surface area (Å²) in [5.74, 6) is 2.45. The van der Waals surface area contributed by atoms with Crippen molar-refractivity contribution in [3.05, 3.63) is 23.8 Å². The van der Waals surface area contributed by atoms with Gasteiger partial charge in [0.25, 0.3) is 0 Å². The number of hydrogen-bond acceptors (Lipinski definition) is 3. The Morgan fingerprint density at radius 2 is 1.96 bits per heavy atom. The number of guanidine groups is 1. The van der Waals surface area contributed by atoms with Gasteiger partial charge < -0.3 is 20.1 Å². The van der Waals surface area contributed by atoms with Crippen LogP contribution in [0.1, 0.15) is 38.2 Å². The Labute approximate surface area is 162 Å². The smallest absolute Gasteiger partial charge is 0.191 e. The van der Waals surface area contributed by atoms with Gasteiger partial charge in [-0.3, -0.25) is 4.99 Å². The van der Waals surface area contributed by atoms with E-state index in [1.807, 2.05) is 18.2 Å². The Bertz CT molecular complexity index is 540. The van der Waals surface area contributed by atoms with Crippen LogP contribution >= 0.6 is 24.0 Å². The quantitative estimate of drug-likeness (QED) is 0.381. The normalized spacial score (nSPS) is 15.8. The molecule has 1 aromatic carbocycles. The number of methoxy groups -OCH3 is 2. The number of nitrogens with one attached hydrogen (secondary N) is 2. The number of halogens is 1. The van der Waals surface area contributed by atoms with Gasteiger partial charge in [-0.1, -0.05) is 13.3 Å². The molecular weight excluding hydrogens is 417 g/mol. The molecule has 0 bridgehead atoms. The Kier molecular flexibility index (Phi) is 8.66. The van der Waals surface area contributed by atoms with Crippen LogP contribution in [0.25, 0.3) is 0 Å². The van der Waals surface area contributed by atoms with Crippen LogP contribution in [0.4, 0.5) is 0 Å². The van der Waals surface area contributed by atoms with E-state index in [1.165, 1.54) is 25.7 Å². The van der Waals surface area contributed by atoms with Gasteiger partial charge in [-0.05, 0) is 36.8 Å². The van der Waals surface area contributed by atoms with E-state index >= 15 is 0 Å². The maximum absolute atomic E-state index is 5.43. The zero-order chi connectivity index (χ0) is 16.7. The molecule has 0 amide bonds. The maximum atomic E-state index is 5.43. The predicted octanol–water partition coefficient (Wildman–Crippen LogP) is 3.57. The third kappa shape index (κ3) is 5.16. The van der Waals surface area contributed by atoms with E-state index in [2.05, 4.69) is 22.5 Å². The molecule has 0 radical (unpaired) electrons. The van der Waals surface area contributed by atoms with Gasteiger partial charge in [0.2, 0.25) is 0 Å². The Balaban J connectivity index is 0.00000288. The average molecular weight is 447 g/mol. The van der Waals surface area contributed by atoms with Crippen molar-refractivity contribution in [2.75, 3.05) is 27.8 Å². The van der Waals surface area contributed by atoms with Crippen LogP contribution < -0.4 is 20.1 Å². The molecule has 0 aliphatic heterocycles. The lowest BCUT2D eigenvalue weighted by atomic mass is 9.67. The molecule has 0 spiro atoms. The molecule has 2 N–H and O–H groups in total. The van der Waals surface area contributed by atoms with Crippen molar-refractivity contribution < 1.29 is 9.47 Å². The van der Waals surface area contributed by atoms with E-state index in [0.29, 0.717) is 12.0 Å². The first-order valence-corrected chi connectivity index (χ1v) is 8.32. The summed E-state index contributed by atoms with van der Waals surface area (Å²) in [6.45, 7) is 3.92. The maximum Gasteiger partial charge on any atom is 0.191 e. The minimum Gasteiger partial charge on any atom is -0.497 e. The summed E-state index contributed by atoms with van der Waals surface area (Å²) in [6, 6.07) is 5.85. The molecule has 1 aliphatic rings. The molecule has 6 heteroatoms. The number of ether oxygens (including phenoxy) is 2. The fourth-order valence-corrected chi connectivity index (χ4v) is 3.00. The standard InChI is InChI=1S/C18H29N3O2.HI/c1-5-18(9-6-10-18)13-21-17(19-2)20-12-14-7-8-15(22-3)11-16(14)23-4;/h7-8,11H,5-6,9-10,12-13H2,1-4H3,(H2,19,20,21);1H. The molecule has 1 aromatic rings. The van der Waals surface area contributed by atoms with Gasteiger partial charge in [0.05, 0.1) is 14.2 Å². The molecule has 136 valence electrons. The second-order valence-electron chi connectivity index (χ2n) is 6.16. The monoisotopic (exact) mass is 447 g/mol. The summed E-state index contributed by atoms with van der Waals surface area (Å²) in [5, 5.41) is 6.83. The van der Waals surface area contributed by atoms with E-state index in [9.17, 15) is 0 Å². The summed E-state index contributed by atoms with van der Waals surface area (Å²) in [5.41, 5.74) is 1.54. The number of aliphatic imine (C=N–C) groups is 1. The van der Waals surface area contributed by atoms with Crippen LogP contribution in [-0.4, -0.2) is 33.8 Å². The van der Waals surface area contributed by atoms with Crippen LogP contribution in [-0.2, 0) is 6.54 Å². The highest BCUT2D eigenvalue weighted by atomic mass is 127. The Morgan fingerprint density at radius 1 is 1.21 bits per heavy atom. The predicted molar refractivity (Wildman–Crippen MR) is 110 cm³/mol. The SMILES string of the molecule is CCC1(CNC(=NC)NCc2ccc(OC)cc2OC)CCC1.I. The van der Waals surface area contributed by atoms with Crippen molar-refractivity contribution in [2.24, 2.45) is 10.4 Å². The summed E-state index contributed by atoms with van der Waals surface area (Å²) in [7, 11) is 5.13. The molecule has 0 aromatic heterocycles. The lowest BCUT2D eigenvalue weighted by molar-refractivity contribution is 0.131. The largest absolute Gasteiger partial charge is 0.497 e. The van der Waals surface area contributed by atoms with Crippen molar-refractivity contribution in [3.63, 3.8) is 0 Å².